The number of hydrogen-bond donors (Lipinski definition) is 1. The second kappa shape index (κ2) is 10.8. The Balaban J connectivity index is 1.75. The quantitative estimate of drug-likeness (QED) is 0.239. The van der Waals surface area contributed by atoms with Crippen LogP contribution in [0.25, 0.3) is 0 Å². The van der Waals surface area contributed by atoms with E-state index in [9.17, 15) is 32.9 Å². The average molecular weight is 559 g/mol. The summed E-state index contributed by atoms with van der Waals surface area (Å²) < 4.78 is 50.1. The number of nitro benzene ring substituents is 1. The lowest BCUT2D eigenvalue weighted by Crippen LogP contribution is -2.38. The van der Waals surface area contributed by atoms with Gasteiger partial charge >= 0.3 is 17.8 Å². The molecule has 0 aromatic heterocycles. The van der Waals surface area contributed by atoms with Crippen LogP contribution >= 0.6 is 0 Å². The van der Waals surface area contributed by atoms with Crippen LogP contribution in [0.3, 0.4) is 0 Å². The number of hydrogen-bond acceptors (Lipinski definition) is 7. The molecule has 1 aliphatic carbocycles. The Labute approximate surface area is 229 Å². The lowest BCUT2D eigenvalue weighted by Gasteiger charge is -2.39. The molecule has 2 aromatic rings. The first kappa shape index (κ1) is 28.8. The first-order valence-electron chi connectivity index (χ1n) is 12.7. The Morgan fingerprint density at radius 1 is 1.18 bits per heavy atom. The van der Waals surface area contributed by atoms with E-state index in [0.29, 0.717) is 29.0 Å². The van der Waals surface area contributed by atoms with E-state index in [1.165, 1.54) is 30.3 Å². The van der Waals surface area contributed by atoms with Crippen LogP contribution in [0.2, 0.25) is 0 Å². The molecule has 2 aromatic carbocycles. The molecule has 0 spiro atoms. The Bertz CT molecular complexity index is 1440. The molecule has 8 nitrogen and oxygen atoms in total. The van der Waals surface area contributed by atoms with E-state index < -0.39 is 34.2 Å². The first-order valence-corrected chi connectivity index (χ1v) is 12.7. The van der Waals surface area contributed by atoms with Crippen LogP contribution in [0.4, 0.5) is 18.9 Å². The minimum Gasteiger partial charge on any atom is -0.482 e. The van der Waals surface area contributed by atoms with Crippen molar-refractivity contribution in [2.45, 2.75) is 59.2 Å². The number of ketones is 1. The molecule has 0 amide bonds. The largest absolute Gasteiger partial charge is 0.482 e. The number of carbonyl (C=O) groups is 2. The Morgan fingerprint density at radius 2 is 1.90 bits per heavy atom. The molecule has 1 atom stereocenters. The van der Waals surface area contributed by atoms with Crippen molar-refractivity contribution in [3.05, 3.63) is 91.8 Å². The molecule has 1 heterocycles. The van der Waals surface area contributed by atoms with Crippen LogP contribution < -0.4 is 10.1 Å². The molecule has 0 saturated heterocycles. The van der Waals surface area contributed by atoms with Crippen LogP contribution in [0, 0.1) is 15.5 Å². The van der Waals surface area contributed by atoms with Gasteiger partial charge in [0.1, 0.15) is 6.61 Å². The highest BCUT2D eigenvalue weighted by Gasteiger charge is 2.43. The summed E-state index contributed by atoms with van der Waals surface area (Å²) in [6.07, 6.45) is -3.77. The van der Waals surface area contributed by atoms with Gasteiger partial charge in [-0.3, -0.25) is 14.9 Å². The van der Waals surface area contributed by atoms with Crippen molar-refractivity contribution in [1.29, 1.82) is 0 Å². The minimum atomic E-state index is -4.54. The Morgan fingerprint density at radius 3 is 2.55 bits per heavy atom. The maximum Gasteiger partial charge on any atom is 0.416 e. The monoisotopic (exact) mass is 558 g/mol. The van der Waals surface area contributed by atoms with Gasteiger partial charge in [0.05, 0.1) is 22.7 Å². The molecule has 0 bridgehead atoms. The summed E-state index contributed by atoms with van der Waals surface area (Å²) in [7, 11) is 0. The number of alkyl halides is 3. The molecule has 2 aliphatic rings. The van der Waals surface area contributed by atoms with Gasteiger partial charge in [-0.1, -0.05) is 32.0 Å². The number of carbonyl (C=O) groups excluding carboxylic acids is 2. The van der Waals surface area contributed by atoms with Crippen molar-refractivity contribution in [3.8, 4) is 5.75 Å². The van der Waals surface area contributed by atoms with Crippen LogP contribution in [-0.2, 0) is 27.1 Å². The normalized spacial score (nSPS) is 18.7. The topological polar surface area (TPSA) is 108 Å². The molecule has 0 radical (unpaired) electrons. The van der Waals surface area contributed by atoms with E-state index in [0.717, 1.165) is 12.1 Å². The van der Waals surface area contributed by atoms with Gasteiger partial charge in [-0.2, -0.15) is 13.2 Å². The lowest BCUT2D eigenvalue weighted by atomic mass is 9.68. The number of rotatable bonds is 7. The maximum atomic E-state index is 13.4. The summed E-state index contributed by atoms with van der Waals surface area (Å²) in [5.41, 5.74) is 0.562. The van der Waals surface area contributed by atoms with E-state index in [-0.39, 0.29) is 47.7 Å². The third-order valence-electron chi connectivity index (χ3n) is 6.90. The van der Waals surface area contributed by atoms with E-state index >= 15 is 0 Å². The highest BCUT2D eigenvalue weighted by Crippen LogP contribution is 2.48. The number of halogens is 3. The molecule has 0 fully saturated rings. The minimum absolute atomic E-state index is 0.0949. The third kappa shape index (κ3) is 5.88. The Kier molecular flexibility index (Phi) is 7.78. The number of nitro groups is 1. The second-order valence-electron chi connectivity index (χ2n) is 10.6. The van der Waals surface area contributed by atoms with Gasteiger partial charge in [0.2, 0.25) is 0 Å². The van der Waals surface area contributed by atoms with Gasteiger partial charge in [0.15, 0.2) is 11.5 Å². The number of benzene rings is 2. The SMILES string of the molecule is CCOC(=O)C1=C(C)NC2=C(C(=O)CC(C)(C)C2)[C@H]1c1ccc(OCc2cccc(C(F)(F)F)c2)c([N+](=O)[O-])c1. The number of nitrogens with zero attached hydrogens (tertiary/aromatic N) is 1. The van der Waals surface area contributed by atoms with Crippen LogP contribution in [0.1, 0.15) is 63.1 Å². The van der Waals surface area contributed by atoms with Crippen molar-refractivity contribution >= 4 is 17.4 Å². The average Bonchev–Trinajstić information content (AvgIpc) is 2.85. The lowest BCUT2D eigenvalue weighted by molar-refractivity contribution is -0.386. The fourth-order valence-electron chi connectivity index (χ4n) is 5.23. The van der Waals surface area contributed by atoms with Gasteiger partial charge in [0.25, 0.3) is 0 Å². The summed E-state index contributed by atoms with van der Waals surface area (Å²) >= 11 is 0. The molecule has 0 unspecified atom stereocenters. The zero-order valence-electron chi connectivity index (χ0n) is 22.5. The number of nitrogens with one attached hydrogen (secondary N) is 1. The predicted octanol–water partition coefficient (Wildman–Crippen LogP) is 6.36. The second-order valence-corrected chi connectivity index (χ2v) is 10.6. The summed E-state index contributed by atoms with van der Waals surface area (Å²) in [5.74, 6) is -1.89. The van der Waals surface area contributed by atoms with Crippen molar-refractivity contribution < 1.29 is 37.2 Å². The number of esters is 1. The van der Waals surface area contributed by atoms with Crippen molar-refractivity contribution in [3.63, 3.8) is 0 Å². The maximum absolute atomic E-state index is 13.4. The van der Waals surface area contributed by atoms with Gasteiger partial charge in [-0.15, -0.1) is 0 Å². The van der Waals surface area contributed by atoms with Crippen LogP contribution in [0.5, 0.6) is 5.75 Å². The molecular formula is C29H29F3N2O6. The summed E-state index contributed by atoms with van der Waals surface area (Å²) in [6, 6.07) is 8.59. The molecule has 11 heteroatoms. The van der Waals surface area contributed by atoms with Crippen molar-refractivity contribution in [2.75, 3.05) is 6.61 Å². The molecule has 1 aliphatic heterocycles. The number of dihydropyridines is 1. The molecule has 40 heavy (non-hydrogen) atoms. The zero-order chi connectivity index (χ0) is 29.4. The molecule has 212 valence electrons. The number of allylic oxidation sites excluding steroid dienone is 3. The molecular weight excluding hydrogens is 529 g/mol. The molecule has 0 saturated carbocycles. The fraction of sp³-hybridized carbons (Fsp3) is 0.379. The van der Waals surface area contributed by atoms with Crippen LogP contribution in [0.15, 0.2) is 65.0 Å². The van der Waals surface area contributed by atoms with E-state index in [1.54, 1.807) is 13.8 Å². The molecule has 4 rings (SSSR count). The summed E-state index contributed by atoms with van der Waals surface area (Å²) in [4.78, 5) is 37.8. The zero-order valence-corrected chi connectivity index (χ0v) is 22.5. The fourth-order valence-corrected chi connectivity index (χ4v) is 5.23. The summed E-state index contributed by atoms with van der Waals surface area (Å²) in [6.45, 7) is 7.03. The van der Waals surface area contributed by atoms with Gasteiger partial charge < -0.3 is 14.8 Å². The smallest absolute Gasteiger partial charge is 0.416 e. The van der Waals surface area contributed by atoms with E-state index in [1.807, 2.05) is 13.8 Å². The summed E-state index contributed by atoms with van der Waals surface area (Å²) in [5, 5.41) is 15.2. The van der Waals surface area contributed by atoms with Gasteiger partial charge in [-0.25, -0.2) is 4.79 Å². The van der Waals surface area contributed by atoms with Crippen LogP contribution in [-0.4, -0.2) is 23.3 Å². The van der Waals surface area contributed by atoms with Gasteiger partial charge in [0, 0.05) is 35.4 Å². The predicted molar refractivity (Wildman–Crippen MR) is 139 cm³/mol. The standard InChI is InChI=1S/C29H29F3N2O6/c1-5-39-27(36)24-16(2)33-20-13-28(3,4)14-22(35)26(20)25(24)18-9-10-23(21(12-18)34(37)38)40-15-17-7-6-8-19(11-17)29(30,31)32/h6-12,25,33H,5,13-15H2,1-4H3/t25-/m0/s1. The van der Waals surface area contributed by atoms with Gasteiger partial charge in [-0.05, 0) is 55.0 Å². The number of ether oxygens (including phenoxy) is 2. The number of Topliss-reactive ketones (excluding diaryl/α,β-unsaturated/α-hetero) is 1. The highest BCUT2D eigenvalue weighted by atomic mass is 19.4. The Hall–Kier alpha value is -4.15. The first-order chi connectivity index (χ1) is 18.7. The van der Waals surface area contributed by atoms with Crippen molar-refractivity contribution in [1.82, 2.24) is 5.32 Å². The highest BCUT2D eigenvalue weighted by molar-refractivity contribution is 6.04. The van der Waals surface area contributed by atoms with E-state index in [4.69, 9.17) is 9.47 Å². The molecule has 1 N–H and O–H groups in total. The third-order valence-corrected chi connectivity index (χ3v) is 6.90. The van der Waals surface area contributed by atoms with E-state index in [2.05, 4.69) is 5.32 Å². The van der Waals surface area contributed by atoms with Crippen molar-refractivity contribution in [2.24, 2.45) is 5.41 Å².